The lowest BCUT2D eigenvalue weighted by Gasteiger charge is -2.60. The molecule has 0 radical (unpaired) electrons. The molecule has 0 aromatic rings. The molecule has 0 aliphatic heterocycles. The Hall–Kier alpha value is 0. The highest BCUT2D eigenvalue weighted by Gasteiger charge is 2.59. The minimum Gasteiger partial charge on any atom is -0.0654 e. The fourth-order valence-electron chi connectivity index (χ4n) is 8.33. The topological polar surface area (TPSA) is 0 Å². The second-order valence-corrected chi connectivity index (χ2v) is 10.4. The van der Waals surface area contributed by atoms with Crippen molar-refractivity contribution in [1.29, 1.82) is 0 Å². The van der Waals surface area contributed by atoms with E-state index in [1.807, 2.05) is 0 Å². The smallest absolute Gasteiger partial charge is 0.0266 e. The Labute approximate surface area is 145 Å². The van der Waals surface area contributed by atoms with Crippen LogP contribution in [0.1, 0.15) is 104 Å². The molecule has 4 rings (SSSR count). The summed E-state index contributed by atoms with van der Waals surface area (Å²) in [6.07, 6.45) is 20.0. The standard InChI is InChI=1S/C23H40/c1-4-5-8-17-11-13-20-19-12-10-18-9-6-7-15-22(18,2)21(19)14-16-23(17,20)3/h17-21H,4-16H2,1-3H3/t17-,18?,19?,20?,21?,22-,23+/m0/s1. The first kappa shape index (κ1) is 16.5. The van der Waals surface area contributed by atoms with Gasteiger partial charge in [-0.15, -0.1) is 0 Å². The average molecular weight is 317 g/mol. The van der Waals surface area contributed by atoms with Crippen LogP contribution in [0, 0.1) is 40.4 Å². The lowest BCUT2D eigenvalue weighted by Crippen LogP contribution is -2.52. The fourth-order valence-corrected chi connectivity index (χ4v) is 8.33. The number of hydrogen-bond acceptors (Lipinski definition) is 0. The van der Waals surface area contributed by atoms with Crippen molar-refractivity contribution in [2.24, 2.45) is 40.4 Å². The highest BCUT2D eigenvalue weighted by Crippen LogP contribution is 2.67. The monoisotopic (exact) mass is 316 g/mol. The van der Waals surface area contributed by atoms with Gasteiger partial charge in [0, 0.05) is 0 Å². The Balaban J connectivity index is 1.55. The molecule has 0 aromatic heterocycles. The van der Waals surface area contributed by atoms with E-state index in [0.29, 0.717) is 5.41 Å². The normalized spacial score (nSPS) is 52.6. The molecular formula is C23H40. The third-order valence-corrected chi connectivity index (χ3v) is 9.69. The number of rotatable bonds is 3. The summed E-state index contributed by atoms with van der Waals surface area (Å²) in [4.78, 5) is 0. The minimum atomic E-state index is 0.716. The molecule has 0 bridgehead atoms. The van der Waals surface area contributed by atoms with Gasteiger partial charge in [-0.2, -0.15) is 0 Å². The molecule has 0 N–H and O–H groups in total. The van der Waals surface area contributed by atoms with Crippen molar-refractivity contribution in [1.82, 2.24) is 0 Å². The van der Waals surface area contributed by atoms with E-state index < -0.39 is 0 Å². The number of unbranched alkanes of at least 4 members (excludes halogenated alkanes) is 1. The van der Waals surface area contributed by atoms with Crippen molar-refractivity contribution in [2.75, 3.05) is 0 Å². The van der Waals surface area contributed by atoms with Crippen molar-refractivity contribution in [3.63, 3.8) is 0 Å². The van der Waals surface area contributed by atoms with Crippen LogP contribution in [0.3, 0.4) is 0 Å². The van der Waals surface area contributed by atoms with E-state index >= 15 is 0 Å². The van der Waals surface area contributed by atoms with Crippen LogP contribution in [-0.2, 0) is 0 Å². The summed E-state index contributed by atoms with van der Waals surface area (Å²) in [5.41, 5.74) is 1.44. The Morgan fingerprint density at radius 1 is 0.783 bits per heavy atom. The van der Waals surface area contributed by atoms with E-state index in [1.54, 1.807) is 51.4 Å². The summed E-state index contributed by atoms with van der Waals surface area (Å²) in [6, 6.07) is 0. The highest BCUT2D eigenvalue weighted by atomic mass is 14.6. The maximum Gasteiger partial charge on any atom is -0.0266 e. The van der Waals surface area contributed by atoms with Gasteiger partial charge in [0.05, 0.1) is 0 Å². The molecule has 0 aromatic carbocycles. The van der Waals surface area contributed by atoms with E-state index in [2.05, 4.69) is 20.8 Å². The second-order valence-electron chi connectivity index (χ2n) is 10.4. The molecule has 0 spiro atoms. The van der Waals surface area contributed by atoms with Crippen LogP contribution in [0.15, 0.2) is 0 Å². The van der Waals surface area contributed by atoms with E-state index in [-0.39, 0.29) is 0 Å². The van der Waals surface area contributed by atoms with Crippen LogP contribution in [-0.4, -0.2) is 0 Å². The lowest BCUT2D eigenvalue weighted by atomic mass is 9.45. The Kier molecular flexibility index (Phi) is 4.34. The van der Waals surface area contributed by atoms with Crippen molar-refractivity contribution in [3.8, 4) is 0 Å². The second kappa shape index (κ2) is 6.06. The predicted molar refractivity (Wildman–Crippen MR) is 99.4 cm³/mol. The molecule has 4 aliphatic carbocycles. The number of fused-ring (bicyclic) bond motifs is 5. The van der Waals surface area contributed by atoms with Crippen LogP contribution < -0.4 is 0 Å². The Morgan fingerprint density at radius 2 is 1.61 bits per heavy atom. The third-order valence-electron chi connectivity index (χ3n) is 9.69. The molecule has 4 fully saturated rings. The summed E-state index contributed by atoms with van der Waals surface area (Å²) < 4.78 is 0. The molecule has 7 atom stereocenters. The maximum atomic E-state index is 2.72. The average Bonchev–Trinajstić information content (AvgIpc) is 2.89. The minimum absolute atomic E-state index is 0.716. The van der Waals surface area contributed by atoms with Crippen LogP contribution in [0.2, 0.25) is 0 Å². The van der Waals surface area contributed by atoms with Crippen molar-refractivity contribution in [3.05, 3.63) is 0 Å². The Bertz CT molecular complexity index is 426. The van der Waals surface area contributed by atoms with E-state index in [0.717, 1.165) is 35.0 Å². The van der Waals surface area contributed by atoms with Crippen molar-refractivity contribution < 1.29 is 0 Å². The van der Waals surface area contributed by atoms with Gasteiger partial charge in [0.25, 0.3) is 0 Å². The third kappa shape index (κ3) is 2.44. The van der Waals surface area contributed by atoms with Gasteiger partial charge in [0.2, 0.25) is 0 Å². The van der Waals surface area contributed by atoms with Gasteiger partial charge >= 0.3 is 0 Å². The van der Waals surface area contributed by atoms with Crippen LogP contribution in [0.4, 0.5) is 0 Å². The first-order valence-electron chi connectivity index (χ1n) is 11.1. The van der Waals surface area contributed by atoms with Crippen molar-refractivity contribution in [2.45, 2.75) is 104 Å². The summed E-state index contributed by atoms with van der Waals surface area (Å²) >= 11 is 0. The van der Waals surface area contributed by atoms with Gasteiger partial charge in [-0.25, -0.2) is 0 Å². The molecule has 4 unspecified atom stereocenters. The van der Waals surface area contributed by atoms with Crippen molar-refractivity contribution >= 4 is 0 Å². The SMILES string of the molecule is CCCC[C@H]1CCC2C3CCC4CCCC[C@]4(C)C3CC[C@@]21C. The summed E-state index contributed by atoms with van der Waals surface area (Å²) in [6.45, 7) is 7.81. The van der Waals surface area contributed by atoms with Gasteiger partial charge in [-0.05, 0) is 98.2 Å². The van der Waals surface area contributed by atoms with Crippen LogP contribution in [0.5, 0.6) is 0 Å². The molecule has 132 valence electrons. The quantitative estimate of drug-likeness (QED) is 0.515. The Morgan fingerprint density at radius 3 is 2.43 bits per heavy atom. The van der Waals surface area contributed by atoms with Gasteiger partial charge in [-0.3, -0.25) is 0 Å². The molecule has 0 amide bonds. The van der Waals surface area contributed by atoms with Crippen LogP contribution in [0.25, 0.3) is 0 Å². The van der Waals surface area contributed by atoms with Gasteiger partial charge < -0.3 is 0 Å². The predicted octanol–water partition coefficient (Wildman–Crippen LogP) is 7.23. The van der Waals surface area contributed by atoms with Crippen LogP contribution >= 0.6 is 0 Å². The molecule has 4 saturated carbocycles. The van der Waals surface area contributed by atoms with Gasteiger partial charge in [0.1, 0.15) is 0 Å². The maximum absolute atomic E-state index is 2.72. The van der Waals surface area contributed by atoms with E-state index in [9.17, 15) is 0 Å². The van der Waals surface area contributed by atoms with E-state index in [4.69, 9.17) is 0 Å². The van der Waals surface area contributed by atoms with Gasteiger partial charge in [-0.1, -0.05) is 46.5 Å². The number of hydrogen-bond donors (Lipinski definition) is 0. The first-order chi connectivity index (χ1) is 11.1. The zero-order chi connectivity index (χ0) is 16.1. The fraction of sp³-hybridized carbons (Fsp3) is 1.00. The van der Waals surface area contributed by atoms with Gasteiger partial charge in [0.15, 0.2) is 0 Å². The van der Waals surface area contributed by atoms with E-state index in [1.165, 1.54) is 32.1 Å². The lowest BCUT2D eigenvalue weighted by molar-refractivity contribution is -0.111. The molecule has 23 heavy (non-hydrogen) atoms. The molecule has 0 saturated heterocycles. The molecule has 0 nitrogen and oxygen atoms in total. The summed E-state index contributed by atoms with van der Waals surface area (Å²) in [7, 11) is 0. The summed E-state index contributed by atoms with van der Waals surface area (Å²) in [5, 5.41) is 0. The molecular weight excluding hydrogens is 276 g/mol. The summed E-state index contributed by atoms with van der Waals surface area (Å²) in [5.74, 6) is 5.41. The zero-order valence-electron chi connectivity index (χ0n) is 16.1. The zero-order valence-corrected chi connectivity index (χ0v) is 16.1. The largest absolute Gasteiger partial charge is 0.0654 e. The molecule has 0 heterocycles. The molecule has 0 heteroatoms. The first-order valence-corrected chi connectivity index (χ1v) is 11.1. The highest BCUT2D eigenvalue weighted by molar-refractivity contribution is 5.08. The molecule has 4 aliphatic rings.